The molecule has 0 aliphatic rings. The summed E-state index contributed by atoms with van der Waals surface area (Å²) in [4.78, 5) is 5.09. The van der Waals surface area contributed by atoms with Gasteiger partial charge in [-0.2, -0.15) is 4.90 Å². The van der Waals surface area contributed by atoms with Crippen molar-refractivity contribution < 1.29 is 19.5 Å². The fourth-order valence-electron chi connectivity index (χ4n) is 1.20. The van der Waals surface area contributed by atoms with Gasteiger partial charge in [-0.25, -0.2) is 0 Å². The van der Waals surface area contributed by atoms with E-state index in [0.29, 0.717) is 0 Å². The van der Waals surface area contributed by atoms with E-state index in [2.05, 4.69) is 4.98 Å². The van der Waals surface area contributed by atoms with Crippen molar-refractivity contribution >= 4 is 12.6 Å². The molecule has 0 fully saturated rings. The first-order chi connectivity index (χ1) is 6.38. The van der Waals surface area contributed by atoms with Gasteiger partial charge in [0.25, 0.3) is 0 Å². The molecule has 2 rings (SSSR count). The van der Waals surface area contributed by atoms with Crippen LogP contribution in [-0.4, -0.2) is 4.98 Å². The topological polar surface area (TPSA) is 12.9 Å². The molecule has 66 valence electrons. The van der Waals surface area contributed by atoms with Crippen molar-refractivity contribution in [3.63, 3.8) is 0 Å². The number of nitrogens with zero attached hydrogens (tertiary/aromatic N) is 1. The Morgan fingerprint density at radius 2 is 1.64 bits per heavy atom. The van der Waals surface area contributed by atoms with Gasteiger partial charge in [0.2, 0.25) is 0 Å². The normalized spacial score (nSPS) is 9.14. The van der Waals surface area contributed by atoms with E-state index in [4.69, 9.17) is 12.6 Å². The zero-order valence-corrected chi connectivity index (χ0v) is 11.5. The quantitative estimate of drug-likeness (QED) is 0.571. The molecule has 0 amide bonds. The van der Waals surface area contributed by atoms with Crippen LogP contribution in [0.4, 0.5) is 0 Å². The van der Waals surface area contributed by atoms with E-state index < -0.39 is 0 Å². The molecule has 0 aliphatic carbocycles. The molecule has 0 saturated carbocycles. The maximum atomic E-state index is 5.19. The molecule has 1 heterocycles. The smallest absolute Gasteiger partial charge is 0.0686 e. The van der Waals surface area contributed by atoms with Crippen molar-refractivity contribution in [1.82, 2.24) is 4.98 Å². The molecule has 1 aromatic heterocycles. The van der Waals surface area contributed by atoms with E-state index in [0.717, 1.165) is 16.2 Å². The van der Waals surface area contributed by atoms with Crippen molar-refractivity contribution in [3.8, 4) is 11.3 Å². The minimum absolute atomic E-state index is 0. The average Bonchev–Trinajstić information content (AvgIpc) is 2.20. The van der Waals surface area contributed by atoms with E-state index in [1.54, 1.807) is 6.20 Å². The minimum atomic E-state index is 0. The predicted molar refractivity (Wildman–Crippen MR) is 55.3 cm³/mol. The van der Waals surface area contributed by atoms with Crippen LogP contribution >= 0.6 is 0 Å². The molecule has 14 heavy (non-hydrogen) atoms. The van der Waals surface area contributed by atoms with Crippen LogP contribution < -0.4 is 0 Å². The van der Waals surface area contributed by atoms with Crippen LogP contribution in [0.5, 0.6) is 0 Å². The first-order valence-corrected chi connectivity index (χ1v) is 4.46. The average molecular weight is 252 g/mol. The third-order valence-corrected chi connectivity index (χ3v) is 2.18. The summed E-state index contributed by atoms with van der Waals surface area (Å²) in [5, 5.41) is 0. The summed E-state index contributed by atoms with van der Waals surface area (Å²) in [5.74, 6) is 0. The summed E-state index contributed by atoms with van der Waals surface area (Å²) in [7, 11) is 0. The standard InChI is InChI=1S/C11H9NS.Zn/c13-11-7-2-1-5-9(11)10-6-3-4-8-12-10;/h1-8,13H;/p-1. The molecule has 0 spiro atoms. The molecule has 0 N–H and O–H groups in total. The minimum Gasteiger partial charge on any atom is -0.779 e. The summed E-state index contributed by atoms with van der Waals surface area (Å²) in [6, 6.07) is 13.6. The van der Waals surface area contributed by atoms with Crippen LogP contribution in [0.1, 0.15) is 0 Å². The van der Waals surface area contributed by atoms with Crippen molar-refractivity contribution in [2.45, 2.75) is 4.90 Å². The maximum absolute atomic E-state index is 5.19. The molecule has 0 atom stereocenters. The number of hydrogen-bond donors (Lipinski definition) is 0. The zero-order valence-electron chi connectivity index (χ0n) is 7.68. The summed E-state index contributed by atoms with van der Waals surface area (Å²) in [6.45, 7) is 0. The molecule has 0 saturated heterocycles. The first-order valence-electron chi connectivity index (χ1n) is 4.05. The van der Waals surface area contributed by atoms with Gasteiger partial charge in [-0.3, -0.25) is 4.98 Å². The van der Waals surface area contributed by atoms with Crippen molar-refractivity contribution in [2.75, 3.05) is 0 Å². The predicted octanol–water partition coefficient (Wildman–Crippen LogP) is 2.65. The molecule has 2 aromatic rings. The van der Waals surface area contributed by atoms with Crippen LogP contribution in [0.3, 0.4) is 0 Å². The number of aromatic nitrogens is 1. The van der Waals surface area contributed by atoms with Crippen LogP contribution in [0.25, 0.3) is 11.3 Å². The molecule has 0 bridgehead atoms. The van der Waals surface area contributed by atoms with Gasteiger partial charge in [0.05, 0.1) is 5.69 Å². The van der Waals surface area contributed by atoms with Crippen LogP contribution in [0.2, 0.25) is 0 Å². The summed E-state index contributed by atoms with van der Waals surface area (Å²) < 4.78 is 0. The van der Waals surface area contributed by atoms with Gasteiger partial charge in [0.15, 0.2) is 0 Å². The van der Waals surface area contributed by atoms with Gasteiger partial charge in [0, 0.05) is 25.7 Å². The van der Waals surface area contributed by atoms with Crippen molar-refractivity contribution in [2.24, 2.45) is 0 Å². The summed E-state index contributed by atoms with van der Waals surface area (Å²) >= 11 is 5.19. The van der Waals surface area contributed by atoms with E-state index in [1.165, 1.54) is 0 Å². The Morgan fingerprint density at radius 1 is 0.929 bits per heavy atom. The van der Waals surface area contributed by atoms with Gasteiger partial charge >= 0.3 is 0 Å². The molecule has 1 aromatic carbocycles. The van der Waals surface area contributed by atoms with Crippen molar-refractivity contribution in [1.29, 1.82) is 0 Å². The van der Waals surface area contributed by atoms with Crippen LogP contribution in [0.15, 0.2) is 53.6 Å². The first kappa shape index (κ1) is 11.3. The number of benzene rings is 1. The van der Waals surface area contributed by atoms with Crippen LogP contribution in [0, 0.1) is 0 Å². The van der Waals surface area contributed by atoms with Gasteiger partial charge in [0.1, 0.15) is 0 Å². The second-order valence-electron chi connectivity index (χ2n) is 2.71. The number of pyridine rings is 1. The Bertz CT molecular complexity index is 403. The molecule has 0 unspecified atom stereocenters. The zero-order chi connectivity index (χ0) is 9.10. The second kappa shape index (κ2) is 5.18. The molecule has 1 nitrogen and oxygen atoms in total. The molecule has 0 radical (unpaired) electrons. The van der Waals surface area contributed by atoms with Gasteiger partial charge in [-0.05, 0) is 17.7 Å². The van der Waals surface area contributed by atoms with Gasteiger partial charge < -0.3 is 12.6 Å². The van der Waals surface area contributed by atoms with Crippen LogP contribution in [-0.2, 0) is 32.1 Å². The Balaban J connectivity index is 0.000000980. The molecule has 3 heteroatoms. The number of hydrogen-bond acceptors (Lipinski definition) is 2. The number of rotatable bonds is 1. The third kappa shape index (κ3) is 2.37. The Labute approximate surface area is 102 Å². The van der Waals surface area contributed by atoms with E-state index in [1.807, 2.05) is 42.5 Å². The van der Waals surface area contributed by atoms with E-state index in [-0.39, 0.29) is 19.5 Å². The maximum Gasteiger partial charge on any atom is 0.0686 e. The molecular weight excluding hydrogens is 244 g/mol. The van der Waals surface area contributed by atoms with E-state index >= 15 is 0 Å². The summed E-state index contributed by atoms with van der Waals surface area (Å²) in [6.07, 6.45) is 1.77. The Kier molecular flexibility index (Phi) is 4.18. The second-order valence-corrected chi connectivity index (χ2v) is 3.15. The fraction of sp³-hybridized carbons (Fsp3) is 0. The monoisotopic (exact) mass is 250 g/mol. The fourth-order valence-corrected chi connectivity index (χ4v) is 1.45. The van der Waals surface area contributed by atoms with Gasteiger partial charge in [-0.1, -0.05) is 30.3 Å². The largest absolute Gasteiger partial charge is 0.779 e. The Morgan fingerprint density at radius 3 is 2.29 bits per heavy atom. The SMILES string of the molecule is [S-]c1ccccc1-c1ccccn1.[Zn]. The Hall–Kier alpha value is -0.787. The molecule has 0 aliphatic heterocycles. The summed E-state index contributed by atoms with van der Waals surface area (Å²) in [5.41, 5.74) is 1.96. The van der Waals surface area contributed by atoms with Gasteiger partial charge in [-0.15, -0.1) is 0 Å². The van der Waals surface area contributed by atoms with Crippen molar-refractivity contribution in [3.05, 3.63) is 48.7 Å². The molecular formula is C11H8NSZn-. The third-order valence-electron chi connectivity index (χ3n) is 1.83. The van der Waals surface area contributed by atoms with E-state index in [9.17, 15) is 0 Å².